The number of aryl methyl sites for hydroxylation is 1. The van der Waals surface area contributed by atoms with Gasteiger partial charge >= 0.3 is 0 Å². The van der Waals surface area contributed by atoms with Gasteiger partial charge in [0.1, 0.15) is 11.5 Å². The van der Waals surface area contributed by atoms with Gasteiger partial charge in [-0.3, -0.25) is 0 Å². The zero-order valence-electron chi connectivity index (χ0n) is 12.5. The Morgan fingerprint density at radius 1 is 1.10 bits per heavy atom. The summed E-state index contributed by atoms with van der Waals surface area (Å²) in [5, 5.41) is 0.748. The molecule has 0 aromatic heterocycles. The van der Waals surface area contributed by atoms with Crippen molar-refractivity contribution in [1.82, 2.24) is 0 Å². The van der Waals surface area contributed by atoms with Gasteiger partial charge in [-0.1, -0.05) is 29.8 Å². The van der Waals surface area contributed by atoms with Crippen LogP contribution in [-0.2, 0) is 6.42 Å². The average Bonchev–Trinajstić information content (AvgIpc) is 2.49. The summed E-state index contributed by atoms with van der Waals surface area (Å²) in [6, 6.07) is 11.5. The van der Waals surface area contributed by atoms with Gasteiger partial charge in [-0.15, -0.1) is 0 Å². The zero-order valence-corrected chi connectivity index (χ0v) is 13.3. The smallest absolute Gasteiger partial charge is 0.127 e. The molecule has 3 nitrogen and oxygen atoms in total. The summed E-state index contributed by atoms with van der Waals surface area (Å²) < 4.78 is 10.6. The van der Waals surface area contributed by atoms with Crippen LogP contribution in [-0.4, -0.2) is 14.2 Å². The van der Waals surface area contributed by atoms with E-state index in [-0.39, 0.29) is 6.04 Å². The number of halogens is 1. The lowest BCUT2D eigenvalue weighted by Gasteiger charge is -2.17. The first-order valence-corrected chi connectivity index (χ1v) is 7.15. The summed E-state index contributed by atoms with van der Waals surface area (Å²) >= 11 is 6.28. The summed E-state index contributed by atoms with van der Waals surface area (Å²) in [5.74, 6) is 1.47. The van der Waals surface area contributed by atoms with Gasteiger partial charge in [-0.2, -0.15) is 0 Å². The molecule has 0 amide bonds. The second-order valence-corrected chi connectivity index (χ2v) is 5.42. The van der Waals surface area contributed by atoms with Gasteiger partial charge in [0.05, 0.1) is 14.2 Å². The molecule has 1 atom stereocenters. The molecule has 0 aliphatic heterocycles. The first kappa shape index (κ1) is 15.7. The van der Waals surface area contributed by atoms with Crippen molar-refractivity contribution >= 4 is 11.6 Å². The molecule has 21 heavy (non-hydrogen) atoms. The lowest BCUT2D eigenvalue weighted by Crippen LogP contribution is -2.14. The highest BCUT2D eigenvalue weighted by Gasteiger charge is 2.15. The Hall–Kier alpha value is -1.71. The number of hydrogen-bond acceptors (Lipinski definition) is 3. The van der Waals surface area contributed by atoms with Crippen LogP contribution in [0.3, 0.4) is 0 Å². The normalized spacial score (nSPS) is 12.0. The van der Waals surface area contributed by atoms with Crippen molar-refractivity contribution in [1.29, 1.82) is 0 Å². The second kappa shape index (κ2) is 6.83. The van der Waals surface area contributed by atoms with E-state index in [1.165, 1.54) is 0 Å². The van der Waals surface area contributed by atoms with Gasteiger partial charge in [-0.25, -0.2) is 0 Å². The molecule has 2 N–H and O–H groups in total. The van der Waals surface area contributed by atoms with Crippen molar-refractivity contribution in [2.75, 3.05) is 14.2 Å². The molecular formula is C17H20ClNO2. The third-order valence-corrected chi connectivity index (χ3v) is 3.84. The lowest BCUT2D eigenvalue weighted by molar-refractivity contribution is 0.388. The number of methoxy groups -OCH3 is 2. The summed E-state index contributed by atoms with van der Waals surface area (Å²) in [7, 11) is 3.25. The molecule has 2 aromatic rings. The van der Waals surface area contributed by atoms with Crippen LogP contribution in [0.25, 0.3) is 0 Å². The molecule has 2 aromatic carbocycles. The molecule has 0 saturated carbocycles. The molecule has 0 fully saturated rings. The van der Waals surface area contributed by atoms with Crippen LogP contribution in [0.1, 0.15) is 22.7 Å². The maximum Gasteiger partial charge on any atom is 0.127 e. The van der Waals surface area contributed by atoms with Crippen molar-refractivity contribution < 1.29 is 9.47 Å². The Morgan fingerprint density at radius 3 is 2.48 bits per heavy atom. The molecular weight excluding hydrogens is 286 g/mol. The summed E-state index contributed by atoms with van der Waals surface area (Å²) in [4.78, 5) is 0. The topological polar surface area (TPSA) is 44.5 Å². The first-order valence-electron chi connectivity index (χ1n) is 6.77. The minimum atomic E-state index is -0.189. The third kappa shape index (κ3) is 3.69. The van der Waals surface area contributed by atoms with Gasteiger partial charge in [0.25, 0.3) is 0 Å². The standard InChI is InChI=1S/C17H20ClNO2/c1-11-4-5-12(15(18)8-11)9-16(19)14-7-6-13(20-2)10-17(14)21-3/h4-8,10,16H,9,19H2,1-3H3. The van der Waals surface area contributed by atoms with Crippen molar-refractivity contribution in [3.63, 3.8) is 0 Å². The van der Waals surface area contributed by atoms with Crippen LogP contribution in [0, 0.1) is 6.92 Å². The van der Waals surface area contributed by atoms with Gasteiger partial charge < -0.3 is 15.2 Å². The van der Waals surface area contributed by atoms with E-state index >= 15 is 0 Å². The van der Waals surface area contributed by atoms with E-state index in [0.29, 0.717) is 6.42 Å². The van der Waals surface area contributed by atoms with Crippen LogP contribution < -0.4 is 15.2 Å². The van der Waals surface area contributed by atoms with E-state index in [1.54, 1.807) is 14.2 Å². The Kier molecular flexibility index (Phi) is 5.10. The van der Waals surface area contributed by atoms with E-state index < -0.39 is 0 Å². The monoisotopic (exact) mass is 305 g/mol. The first-order chi connectivity index (χ1) is 10.0. The Morgan fingerprint density at radius 2 is 1.86 bits per heavy atom. The molecule has 1 unspecified atom stereocenters. The number of rotatable bonds is 5. The van der Waals surface area contributed by atoms with Crippen LogP contribution in [0.5, 0.6) is 11.5 Å². The molecule has 0 bridgehead atoms. The SMILES string of the molecule is COc1ccc(C(N)Cc2ccc(C)cc2Cl)c(OC)c1. The molecule has 0 spiro atoms. The van der Waals surface area contributed by atoms with E-state index in [2.05, 4.69) is 0 Å². The maximum atomic E-state index is 6.32. The summed E-state index contributed by atoms with van der Waals surface area (Å²) in [6.45, 7) is 2.02. The fraction of sp³-hybridized carbons (Fsp3) is 0.294. The fourth-order valence-electron chi connectivity index (χ4n) is 2.29. The van der Waals surface area contributed by atoms with E-state index in [0.717, 1.165) is 33.2 Å². The van der Waals surface area contributed by atoms with Crippen molar-refractivity contribution in [2.24, 2.45) is 5.73 Å². The van der Waals surface area contributed by atoms with Crippen molar-refractivity contribution in [3.8, 4) is 11.5 Å². The molecule has 0 aliphatic rings. The van der Waals surface area contributed by atoms with Crippen LogP contribution in [0.4, 0.5) is 0 Å². The Labute approximate surface area is 130 Å². The predicted molar refractivity (Wildman–Crippen MR) is 86.4 cm³/mol. The molecule has 112 valence electrons. The highest BCUT2D eigenvalue weighted by atomic mass is 35.5. The van der Waals surface area contributed by atoms with Crippen molar-refractivity contribution in [2.45, 2.75) is 19.4 Å². The van der Waals surface area contributed by atoms with Gasteiger partial charge in [0.15, 0.2) is 0 Å². The molecule has 0 saturated heterocycles. The van der Waals surface area contributed by atoms with Crippen molar-refractivity contribution in [3.05, 3.63) is 58.1 Å². The van der Waals surface area contributed by atoms with E-state index in [4.69, 9.17) is 26.8 Å². The minimum Gasteiger partial charge on any atom is -0.497 e. The molecule has 2 rings (SSSR count). The second-order valence-electron chi connectivity index (χ2n) is 5.01. The molecule has 0 heterocycles. The fourth-order valence-corrected chi connectivity index (χ4v) is 2.60. The van der Waals surface area contributed by atoms with Crippen LogP contribution in [0.15, 0.2) is 36.4 Å². The minimum absolute atomic E-state index is 0.189. The third-order valence-electron chi connectivity index (χ3n) is 3.49. The Balaban J connectivity index is 2.25. The zero-order chi connectivity index (χ0) is 15.4. The van der Waals surface area contributed by atoms with Gasteiger partial charge in [0.2, 0.25) is 0 Å². The lowest BCUT2D eigenvalue weighted by atomic mass is 9.98. The number of hydrogen-bond donors (Lipinski definition) is 1. The predicted octanol–water partition coefficient (Wildman–Crippen LogP) is 3.91. The van der Waals surface area contributed by atoms with Gasteiger partial charge in [0, 0.05) is 22.7 Å². The number of benzene rings is 2. The van der Waals surface area contributed by atoms with Crippen LogP contribution >= 0.6 is 11.6 Å². The van der Waals surface area contributed by atoms with Gasteiger partial charge in [-0.05, 0) is 36.6 Å². The average molecular weight is 306 g/mol. The van der Waals surface area contributed by atoms with E-state index in [1.807, 2.05) is 43.3 Å². The quantitative estimate of drug-likeness (QED) is 0.911. The number of ether oxygens (including phenoxy) is 2. The van der Waals surface area contributed by atoms with E-state index in [9.17, 15) is 0 Å². The Bertz CT molecular complexity index is 628. The van der Waals surface area contributed by atoms with Crippen LogP contribution in [0.2, 0.25) is 5.02 Å². The highest BCUT2D eigenvalue weighted by Crippen LogP contribution is 2.31. The highest BCUT2D eigenvalue weighted by molar-refractivity contribution is 6.31. The number of nitrogens with two attached hydrogens (primary N) is 1. The maximum absolute atomic E-state index is 6.32. The molecule has 0 radical (unpaired) electrons. The summed E-state index contributed by atoms with van der Waals surface area (Å²) in [5.41, 5.74) is 9.44. The molecule has 4 heteroatoms. The summed E-state index contributed by atoms with van der Waals surface area (Å²) in [6.07, 6.45) is 0.655. The largest absolute Gasteiger partial charge is 0.497 e. The molecule has 0 aliphatic carbocycles.